The molecule has 1 saturated heterocycles. The molecule has 1 heterocycles. The highest BCUT2D eigenvalue weighted by Crippen LogP contribution is 2.17. The zero-order valence-electron chi connectivity index (χ0n) is 13.2. The monoisotopic (exact) mass is 325 g/mol. The first-order chi connectivity index (χ1) is 11.7. The van der Waals surface area contributed by atoms with Crippen molar-refractivity contribution in [3.63, 3.8) is 0 Å². The molecule has 0 atom stereocenters. The maximum Gasteiger partial charge on any atom is 0.321 e. The van der Waals surface area contributed by atoms with Gasteiger partial charge in [-0.25, -0.2) is 4.79 Å². The van der Waals surface area contributed by atoms with Crippen LogP contribution in [0.2, 0.25) is 0 Å². The van der Waals surface area contributed by atoms with Gasteiger partial charge in [0.25, 0.3) is 5.91 Å². The maximum absolute atomic E-state index is 12.2. The Balaban J connectivity index is 1.64. The molecule has 1 fully saturated rings. The van der Waals surface area contributed by atoms with E-state index in [9.17, 15) is 14.7 Å². The molecule has 3 amide bonds. The van der Waals surface area contributed by atoms with Crippen molar-refractivity contribution in [2.24, 2.45) is 0 Å². The third-order valence-electron chi connectivity index (χ3n) is 4.03. The van der Waals surface area contributed by atoms with Crippen LogP contribution >= 0.6 is 0 Å². The van der Waals surface area contributed by atoms with E-state index in [1.165, 1.54) is 0 Å². The van der Waals surface area contributed by atoms with Crippen LogP contribution in [-0.2, 0) is 13.2 Å². The second kappa shape index (κ2) is 7.14. The Bertz CT molecular complexity index is 743. The molecule has 3 rings (SSSR count). The van der Waals surface area contributed by atoms with Gasteiger partial charge in [0.2, 0.25) is 0 Å². The zero-order valence-corrected chi connectivity index (χ0v) is 13.2. The van der Waals surface area contributed by atoms with Crippen molar-refractivity contribution in [2.75, 3.05) is 18.0 Å². The summed E-state index contributed by atoms with van der Waals surface area (Å²) in [5.74, 6) is -0.194. The summed E-state index contributed by atoms with van der Waals surface area (Å²) in [5.41, 5.74) is 2.99. The van der Waals surface area contributed by atoms with Crippen LogP contribution < -0.4 is 15.5 Å². The summed E-state index contributed by atoms with van der Waals surface area (Å²) in [7, 11) is 0. The second-order valence-electron chi connectivity index (χ2n) is 5.54. The van der Waals surface area contributed by atoms with Crippen molar-refractivity contribution in [1.29, 1.82) is 0 Å². The van der Waals surface area contributed by atoms with E-state index in [0.29, 0.717) is 25.2 Å². The fraction of sp³-hybridized carbons (Fsp3) is 0.222. The van der Waals surface area contributed by atoms with Gasteiger partial charge >= 0.3 is 6.03 Å². The van der Waals surface area contributed by atoms with E-state index in [1.54, 1.807) is 29.2 Å². The van der Waals surface area contributed by atoms with Crippen LogP contribution in [0.25, 0.3) is 0 Å². The number of carbonyl (C=O) groups is 2. The number of aliphatic hydroxyl groups is 1. The number of rotatable bonds is 5. The van der Waals surface area contributed by atoms with Crippen molar-refractivity contribution >= 4 is 17.6 Å². The highest BCUT2D eigenvalue weighted by atomic mass is 16.3. The van der Waals surface area contributed by atoms with Gasteiger partial charge in [0.15, 0.2) is 0 Å². The number of hydrogen-bond acceptors (Lipinski definition) is 3. The Morgan fingerprint density at radius 1 is 1.12 bits per heavy atom. The summed E-state index contributed by atoms with van der Waals surface area (Å²) in [5, 5.41) is 14.9. The summed E-state index contributed by atoms with van der Waals surface area (Å²) in [6.45, 7) is 1.55. The summed E-state index contributed by atoms with van der Waals surface area (Å²) >= 11 is 0. The molecule has 2 aromatic rings. The Morgan fingerprint density at radius 2 is 1.83 bits per heavy atom. The van der Waals surface area contributed by atoms with Crippen molar-refractivity contribution in [2.45, 2.75) is 13.2 Å². The molecule has 0 spiro atoms. The number of nitrogens with zero attached hydrogens (tertiary/aromatic N) is 1. The molecule has 0 unspecified atom stereocenters. The van der Waals surface area contributed by atoms with Gasteiger partial charge in [-0.3, -0.25) is 9.69 Å². The SMILES string of the molecule is O=C(NCc1ccccc1CO)c1ccc(N2CCNC2=O)cc1. The van der Waals surface area contributed by atoms with Crippen molar-refractivity contribution in [3.05, 3.63) is 65.2 Å². The summed E-state index contributed by atoms with van der Waals surface area (Å²) < 4.78 is 0. The molecule has 0 saturated carbocycles. The van der Waals surface area contributed by atoms with Gasteiger partial charge < -0.3 is 15.7 Å². The van der Waals surface area contributed by atoms with Gasteiger partial charge in [0.1, 0.15) is 0 Å². The second-order valence-corrected chi connectivity index (χ2v) is 5.54. The van der Waals surface area contributed by atoms with Crippen LogP contribution in [-0.4, -0.2) is 30.1 Å². The molecular formula is C18H19N3O3. The lowest BCUT2D eigenvalue weighted by Crippen LogP contribution is -2.28. The largest absolute Gasteiger partial charge is 0.392 e. The molecule has 1 aliphatic rings. The van der Waals surface area contributed by atoms with E-state index in [1.807, 2.05) is 24.3 Å². The first kappa shape index (κ1) is 16.0. The Morgan fingerprint density at radius 3 is 2.46 bits per heavy atom. The van der Waals surface area contributed by atoms with Crippen LogP contribution in [0.15, 0.2) is 48.5 Å². The van der Waals surface area contributed by atoms with Crippen LogP contribution in [0.5, 0.6) is 0 Å². The molecule has 124 valence electrons. The first-order valence-electron chi connectivity index (χ1n) is 7.80. The molecule has 0 bridgehead atoms. The molecule has 0 aromatic heterocycles. The summed E-state index contributed by atoms with van der Waals surface area (Å²) in [6, 6.07) is 14.2. The summed E-state index contributed by atoms with van der Waals surface area (Å²) in [6.07, 6.45) is 0. The van der Waals surface area contributed by atoms with E-state index < -0.39 is 0 Å². The molecule has 3 N–H and O–H groups in total. The average molecular weight is 325 g/mol. The van der Waals surface area contributed by atoms with Crippen LogP contribution in [0.3, 0.4) is 0 Å². The number of nitrogens with one attached hydrogen (secondary N) is 2. The van der Waals surface area contributed by atoms with Gasteiger partial charge in [-0.2, -0.15) is 0 Å². The van der Waals surface area contributed by atoms with Crippen LogP contribution in [0, 0.1) is 0 Å². The van der Waals surface area contributed by atoms with Gasteiger partial charge in [-0.15, -0.1) is 0 Å². The fourth-order valence-corrected chi connectivity index (χ4v) is 2.67. The smallest absolute Gasteiger partial charge is 0.321 e. The summed E-state index contributed by atoms with van der Waals surface area (Å²) in [4.78, 5) is 25.5. The highest BCUT2D eigenvalue weighted by Gasteiger charge is 2.21. The minimum Gasteiger partial charge on any atom is -0.392 e. The van der Waals surface area contributed by atoms with Crippen molar-refractivity contribution < 1.29 is 14.7 Å². The molecule has 0 aliphatic carbocycles. The Hall–Kier alpha value is -2.86. The number of benzene rings is 2. The third kappa shape index (κ3) is 3.38. The lowest BCUT2D eigenvalue weighted by Gasteiger charge is -2.14. The van der Waals surface area contributed by atoms with Crippen molar-refractivity contribution in [1.82, 2.24) is 10.6 Å². The number of aliphatic hydroxyl groups excluding tert-OH is 1. The minimum absolute atomic E-state index is 0.0569. The van der Waals surface area contributed by atoms with E-state index in [0.717, 1.165) is 16.8 Å². The number of urea groups is 1. The van der Waals surface area contributed by atoms with E-state index in [2.05, 4.69) is 10.6 Å². The van der Waals surface area contributed by atoms with E-state index >= 15 is 0 Å². The standard InChI is InChI=1S/C18H19N3O3/c22-12-15-4-2-1-3-14(15)11-20-17(23)13-5-7-16(8-6-13)21-10-9-19-18(21)24/h1-8,22H,9-12H2,(H,19,24)(H,20,23). The lowest BCUT2D eigenvalue weighted by atomic mass is 10.1. The molecular weight excluding hydrogens is 306 g/mol. The lowest BCUT2D eigenvalue weighted by molar-refractivity contribution is 0.0950. The third-order valence-corrected chi connectivity index (χ3v) is 4.03. The first-order valence-corrected chi connectivity index (χ1v) is 7.80. The Labute approximate surface area is 140 Å². The molecule has 2 aromatic carbocycles. The topological polar surface area (TPSA) is 81.7 Å². The highest BCUT2D eigenvalue weighted by molar-refractivity contribution is 5.97. The Kier molecular flexibility index (Phi) is 4.77. The van der Waals surface area contributed by atoms with E-state index in [-0.39, 0.29) is 18.5 Å². The van der Waals surface area contributed by atoms with Gasteiger partial charge in [-0.1, -0.05) is 24.3 Å². The number of carbonyl (C=O) groups excluding carboxylic acids is 2. The molecule has 24 heavy (non-hydrogen) atoms. The van der Waals surface area contributed by atoms with E-state index in [4.69, 9.17) is 0 Å². The molecule has 1 aliphatic heterocycles. The van der Waals surface area contributed by atoms with Gasteiger partial charge in [0, 0.05) is 30.9 Å². The number of amides is 3. The fourth-order valence-electron chi connectivity index (χ4n) is 2.67. The molecule has 6 heteroatoms. The normalized spacial score (nSPS) is 13.7. The van der Waals surface area contributed by atoms with Gasteiger partial charge in [0.05, 0.1) is 6.61 Å². The van der Waals surface area contributed by atoms with Crippen LogP contribution in [0.1, 0.15) is 21.5 Å². The predicted octanol–water partition coefficient (Wildman–Crippen LogP) is 1.64. The molecule has 0 radical (unpaired) electrons. The minimum atomic E-state index is -0.194. The van der Waals surface area contributed by atoms with Crippen LogP contribution in [0.4, 0.5) is 10.5 Å². The maximum atomic E-state index is 12.2. The average Bonchev–Trinajstić information content (AvgIpc) is 3.06. The zero-order chi connectivity index (χ0) is 16.9. The number of anilines is 1. The quantitative estimate of drug-likeness (QED) is 0.781. The van der Waals surface area contributed by atoms with Crippen molar-refractivity contribution in [3.8, 4) is 0 Å². The molecule has 6 nitrogen and oxygen atoms in total. The van der Waals surface area contributed by atoms with Gasteiger partial charge in [-0.05, 0) is 35.4 Å². The predicted molar refractivity (Wildman–Crippen MR) is 90.7 cm³/mol. The number of hydrogen-bond donors (Lipinski definition) is 3.